The van der Waals surface area contributed by atoms with Crippen molar-refractivity contribution < 1.29 is 29.7 Å². The molecule has 9 nitrogen and oxygen atoms in total. The van der Waals surface area contributed by atoms with Gasteiger partial charge in [0.25, 0.3) is 0 Å². The van der Waals surface area contributed by atoms with E-state index >= 15 is 0 Å². The lowest BCUT2D eigenvalue weighted by molar-refractivity contribution is 0.0633. The lowest BCUT2D eigenvalue weighted by atomic mass is 10.00. The molecule has 1 rings (SSSR count). The third kappa shape index (κ3) is 2.36. The molecule has 0 aliphatic carbocycles. The van der Waals surface area contributed by atoms with Crippen LogP contribution in [0.2, 0.25) is 0 Å². The first-order valence-corrected chi connectivity index (χ1v) is 4.31. The topological polar surface area (TPSA) is 161 Å². The summed E-state index contributed by atoms with van der Waals surface area (Å²) < 4.78 is 0. The summed E-state index contributed by atoms with van der Waals surface area (Å²) in [6, 6.07) is 1.58. The smallest absolute Gasteiger partial charge is 0.337 e. The summed E-state index contributed by atoms with van der Waals surface area (Å²) in [5.41, 5.74) is 5.52. The van der Waals surface area contributed by atoms with E-state index in [9.17, 15) is 14.4 Å². The fourth-order valence-corrected chi connectivity index (χ4v) is 1.30. The fourth-order valence-electron chi connectivity index (χ4n) is 1.30. The van der Waals surface area contributed by atoms with Crippen LogP contribution >= 0.6 is 0 Å². The number of azide groups is 1. The zero-order valence-corrected chi connectivity index (χ0v) is 8.56. The van der Waals surface area contributed by atoms with Gasteiger partial charge in [-0.1, -0.05) is 5.11 Å². The summed E-state index contributed by atoms with van der Waals surface area (Å²) in [6.07, 6.45) is 0. The number of benzene rings is 1. The van der Waals surface area contributed by atoms with E-state index in [2.05, 4.69) is 10.0 Å². The van der Waals surface area contributed by atoms with Crippen molar-refractivity contribution in [2.45, 2.75) is 0 Å². The predicted octanol–water partition coefficient (Wildman–Crippen LogP) is 1.72. The SMILES string of the molecule is [N-]=[N+]=Nc1cc(C(=O)O)c(C(=O)O)c(C(=O)O)c1. The third-order valence-corrected chi connectivity index (χ3v) is 1.96. The van der Waals surface area contributed by atoms with Crippen LogP contribution in [0.1, 0.15) is 31.1 Å². The Balaban J connectivity index is 3.76. The second-order valence-electron chi connectivity index (χ2n) is 3.02. The molecule has 0 atom stereocenters. The van der Waals surface area contributed by atoms with Gasteiger partial charge >= 0.3 is 17.9 Å². The molecule has 0 aromatic heterocycles. The van der Waals surface area contributed by atoms with E-state index < -0.39 is 34.6 Å². The molecule has 9 heteroatoms. The van der Waals surface area contributed by atoms with Crippen molar-refractivity contribution in [1.29, 1.82) is 0 Å². The predicted molar refractivity (Wildman–Crippen MR) is 56.1 cm³/mol. The second-order valence-corrected chi connectivity index (χ2v) is 3.02. The largest absolute Gasteiger partial charge is 0.478 e. The zero-order chi connectivity index (χ0) is 13.9. The van der Waals surface area contributed by atoms with Crippen LogP contribution in [0.25, 0.3) is 10.4 Å². The Morgan fingerprint density at radius 1 is 1.00 bits per heavy atom. The first kappa shape index (κ1) is 13.0. The maximum absolute atomic E-state index is 10.9. The van der Waals surface area contributed by atoms with E-state index in [1.54, 1.807) is 0 Å². The molecule has 92 valence electrons. The number of hydrogen-bond acceptors (Lipinski definition) is 4. The minimum Gasteiger partial charge on any atom is -0.478 e. The first-order valence-electron chi connectivity index (χ1n) is 4.31. The molecule has 0 amide bonds. The van der Waals surface area contributed by atoms with Crippen LogP contribution in [-0.2, 0) is 0 Å². The minimum atomic E-state index is -1.70. The van der Waals surface area contributed by atoms with E-state index in [1.165, 1.54) is 0 Å². The molecule has 0 saturated carbocycles. The highest BCUT2D eigenvalue weighted by atomic mass is 16.4. The van der Waals surface area contributed by atoms with Gasteiger partial charge in [-0.3, -0.25) is 0 Å². The van der Waals surface area contributed by atoms with Crippen LogP contribution in [0, 0.1) is 0 Å². The zero-order valence-electron chi connectivity index (χ0n) is 8.56. The molecular formula is C9H5N3O6. The van der Waals surface area contributed by atoms with Crippen molar-refractivity contribution in [1.82, 2.24) is 0 Å². The van der Waals surface area contributed by atoms with Gasteiger partial charge < -0.3 is 15.3 Å². The molecule has 0 aliphatic heterocycles. The monoisotopic (exact) mass is 251 g/mol. The van der Waals surface area contributed by atoms with Gasteiger partial charge in [0.2, 0.25) is 0 Å². The molecule has 0 fully saturated rings. The van der Waals surface area contributed by atoms with E-state index in [0.717, 1.165) is 12.1 Å². The van der Waals surface area contributed by atoms with Gasteiger partial charge in [-0.25, -0.2) is 14.4 Å². The first-order chi connectivity index (χ1) is 8.38. The molecule has 0 aliphatic rings. The summed E-state index contributed by atoms with van der Waals surface area (Å²) in [5.74, 6) is -4.97. The normalized spacial score (nSPS) is 9.33. The van der Waals surface area contributed by atoms with Crippen LogP contribution in [0.3, 0.4) is 0 Å². The molecule has 18 heavy (non-hydrogen) atoms. The van der Waals surface area contributed by atoms with Crippen molar-refractivity contribution in [3.05, 3.63) is 39.3 Å². The van der Waals surface area contributed by atoms with Crippen molar-refractivity contribution in [3.63, 3.8) is 0 Å². The minimum absolute atomic E-state index is 0.294. The highest BCUT2D eigenvalue weighted by Gasteiger charge is 2.24. The number of carbonyl (C=O) groups is 3. The highest BCUT2D eigenvalue weighted by Crippen LogP contribution is 2.24. The highest BCUT2D eigenvalue weighted by molar-refractivity contribution is 6.09. The third-order valence-electron chi connectivity index (χ3n) is 1.96. The summed E-state index contributed by atoms with van der Waals surface area (Å²) >= 11 is 0. The summed E-state index contributed by atoms with van der Waals surface area (Å²) in [7, 11) is 0. The molecule has 1 aromatic carbocycles. The van der Waals surface area contributed by atoms with E-state index in [0.29, 0.717) is 0 Å². The quantitative estimate of drug-likeness (QED) is 0.419. The van der Waals surface area contributed by atoms with Gasteiger partial charge in [-0.2, -0.15) is 0 Å². The van der Waals surface area contributed by atoms with Crippen LogP contribution in [0.15, 0.2) is 17.2 Å². The standard InChI is InChI=1S/C9H5N3O6/c10-12-11-3-1-4(7(13)14)6(9(17)18)5(2-3)8(15)16/h1-2H,(H,13,14)(H,15,16)(H,17,18). The van der Waals surface area contributed by atoms with Crippen molar-refractivity contribution >= 4 is 23.6 Å². The Kier molecular flexibility index (Phi) is 3.50. The second kappa shape index (κ2) is 4.85. The molecule has 0 bridgehead atoms. The Hall–Kier alpha value is -3.06. The average Bonchev–Trinajstić information content (AvgIpc) is 2.27. The average molecular weight is 251 g/mol. The molecule has 1 aromatic rings. The molecule has 3 N–H and O–H groups in total. The lowest BCUT2D eigenvalue weighted by Gasteiger charge is -2.06. The summed E-state index contributed by atoms with van der Waals surface area (Å²) in [6.45, 7) is 0. The molecule has 0 radical (unpaired) electrons. The molecule has 0 heterocycles. The lowest BCUT2D eigenvalue weighted by Crippen LogP contribution is -2.14. The fraction of sp³-hybridized carbons (Fsp3) is 0. The van der Waals surface area contributed by atoms with Crippen LogP contribution in [-0.4, -0.2) is 33.2 Å². The van der Waals surface area contributed by atoms with Crippen LogP contribution in [0.5, 0.6) is 0 Å². The molecule has 0 unspecified atom stereocenters. The van der Waals surface area contributed by atoms with Gasteiger partial charge in [0.15, 0.2) is 0 Å². The number of carboxylic acid groups (broad SMARTS) is 3. The van der Waals surface area contributed by atoms with Crippen molar-refractivity contribution in [2.75, 3.05) is 0 Å². The van der Waals surface area contributed by atoms with Gasteiger partial charge in [0.1, 0.15) is 0 Å². The Bertz CT molecular complexity index is 567. The molecule has 0 spiro atoms. The van der Waals surface area contributed by atoms with Gasteiger partial charge in [-0.05, 0) is 17.7 Å². The Labute approximate surface area is 98.5 Å². The van der Waals surface area contributed by atoms with E-state index in [4.69, 9.17) is 20.9 Å². The van der Waals surface area contributed by atoms with Crippen molar-refractivity contribution in [3.8, 4) is 0 Å². The van der Waals surface area contributed by atoms with Gasteiger partial charge in [-0.15, -0.1) is 0 Å². The van der Waals surface area contributed by atoms with E-state index in [1.807, 2.05) is 0 Å². The molecular weight excluding hydrogens is 246 g/mol. The maximum atomic E-state index is 10.9. The van der Waals surface area contributed by atoms with Crippen molar-refractivity contribution in [2.24, 2.45) is 5.11 Å². The number of rotatable bonds is 4. The Morgan fingerprint density at radius 3 is 1.72 bits per heavy atom. The summed E-state index contributed by atoms with van der Waals surface area (Å²) in [4.78, 5) is 35.0. The van der Waals surface area contributed by atoms with E-state index in [-0.39, 0.29) is 5.69 Å². The van der Waals surface area contributed by atoms with Crippen LogP contribution < -0.4 is 0 Å². The maximum Gasteiger partial charge on any atom is 0.337 e. The van der Waals surface area contributed by atoms with Gasteiger partial charge in [0.05, 0.1) is 16.7 Å². The summed E-state index contributed by atoms with van der Waals surface area (Å²) in [5, 5.41) is 29.5. The number of carboxylic acids is 3. The number of nitrogens with zero attached hydrogens (tertiary/aromatic N) is 3. The Morgan fingerprint density at radius 2 is 1.44 bits per heavy atom. The number of aromatic carboxylic acids is 3. The van der Waals surface area contributed by atoms with Gasteiger partial charge in [0, 0.05) is 10.6 Å². The number of hydrogen-bond donors (Lipinski definition) is 3. The van der Waals surface area contributed by atoms with Crippen LogP contribution in [0.4, 0.5) is 5.69 Å². The molecule has 0 saturated heterocycles.